The molecule has 0 aromatic carbocycles. The Morgan fingerprint density at radius 1 is 1.54 bits per heavy atom. The van der Waals surface area contributed by atoms with Crippen molar-refractivity contribution in [2.45, 2.75) is 0 Å². The van der Waals surface area contributed by atoms with Gasteiger partial charge in [-0.25, -0.2) is 15.0 Å². The van der Waals surface area contributed by atoms with Crippen molar-refractivity contribution in [3.8, 4) is 0 Å². The molecule has 0 bridgehead atoms. The van der Waals surface area contributed by atoms with Crippen LogP contribution < -0.4 is 4.84 Å². The quantitative estimate of drug-likeness (QED) is 0.637. The minimum absolute atomic E-state index is 0.426. The van der Waals surface area contributed by atoms with Gasteiger partial charge in [0, 0.05) is 0 Å². The van der Waals surface area contributed by atoms with Crippen LogP contribution in [0.3, 0.4) is 0 Å². The lowest BCUT2D eigenvalue weighted by molar-refractivity contribution is 0.143. The number of hydrogen-bond acceptors (Lipinski definition) is 4. The number of imidazole rings is 1. The third-order valence-corrected chi connectivity index (χ3v) is 1.51. The lowest BCUT2D eigenvalue weighted by Gasteiger charge is -2.01. The molecule has 0 amide bonds. The smallest absolute Gasteiger partial charge is 0.199 e. The standard InChI is InChI=1S/C8H8N4O/c1-2-3-13-12-6-11-7-4-9-5-10-8(7)12/h2,4-6H,1,3H2. The van der Waals surface area contributed by atoms with Crippen LogP contribution in [0.5, 0.6) is 0 Å². The minimum Gasteiger partial charge on any atom is -0.407 e. The molecule has 66 valence electrons. The number of nitrogens with zero attached hydrogens (tertiary/aromatic N) is 4. The maximum atomic E-state index is 5.25. The molecule has 0 atom stereocenters. The summed E-state index contributed by atoms with van der Waals surface area (Å²) in [7, 11) is 0. The third-order valence-electron chi connectivity index (χ3n) is 1.51. The molecule has 0 spiro atoms. The molecule has 2 heterocycles. The van der Waals surface area contributed by atoms with Crippen molar-refractivity contribution >= 4 is 11.2 Å². The molecule has 0 N–H and O–H groups in total. The van der Waals surface area contributed by atoms with E-state index in [1.807, 2.05) is 0 Å². The van der Waals surface area contributed by atoms with Gasteiger partial charge in [0.15, 0.2) is 5.65 Å². The summed E-state index contributed by atoms with van der Waals surface area (Å²) in [6.45, 7) is 3.97. The number of fused-ring (bicyclic) bond motifs is 1. The van der Waals surface area contributed by atoms with E-state index in [0.29, 0.717) is 17.8 Å². The molecule has 5 heteroatoms. The van der Waals surface area contributed by atoms with Gasteiger partial charge >= 0.3 is 0 Å². The van der Waals surface area contributed by atoms with E-state index in [-0.39, 0.29) is 0 Å². The molecule has 0 unspecified atom stereocenters. The van der Waals surface area contributed by atoms with Gasteiger partial charge in [-0.15, -0.1) is 0 Å². The molecule has 13 heavy (non-hydrogen) atoms. The molecule has 0 radical (unpaired) electrons. The largest absolute Gasteiger partial charge is 0.407 e. The second kappa shape index (κ2) is 3.22. The second-order valence-electron chi connectivity index (χ2n) is 2.39. The van der Waals surface area contributed by atoms with Gasteiger partial charge < -0.3 is 4.84 Å². The third kappa shape index (κ3) is 1.35. The van der Waals surface area contributed by atoms with E-state index >= 15 is 0 Å². The Balaban J connectivity index is 2.40. The van der Waals surface area contributed by atoms with Gasteiger partial charge in [-0.2, -0.15) is 4.73 Å². The first kappa shape index (κ1) is 7.72. The number of hydrogen-bond donors (Lipinski definition) is 0. The fraction of sp³-hybridized carbons (Fsp3) is 0.125. The second-order valence-corrected chi connectivity index (χ2v) is 2.39. The zero-order valence-corrected chi connectivity index (χ0v) is 6.92. The van der Waals surface area contributed by atoms with Gasteiger partial charge in [0.25, 0.3) is 0 Å². The molecular weight excluding hydrogens is 168 g/mol. The zero-order valence-electron chi connectivity index (χ0n) is 6.92. The fourth-order valence-corrected chi connectivity index (χ4v) is 0.974. The van der Waals surface area contributed by atoms with Crippen LogP contribution in [-0.2, 0) is 0 Å². The lowest BCUT2D eigenvalue weighted by Crippen LogP contribution is -2.10. The Hall–Kier alpha value is -1.91. The van der Waals surface area contributed by atoms with Crippen LogP contribution in [0.15, 0.2) is 31.5 Å². The van der Waals surface area contributed by atoms with Crippen LogP contribution in [0.2, 0.25) is 0 Å². The maximum absolute atomic E-state index is 5.25. The van der Waals surface area contributed by atoms with E-state index < -0.39 is 0 Å². The highest BCUT2D eigenvalue weighted by atomic mass is 16.7. The summed E-state index contributed by atoms with van der Waals surface area (Å²) < 4.78 is 1.50. The molecule has 0 aliphatic rings. The van der Waals surface area contributed by atoms with Crippen LogP contribution in [0.4, 0.5) is 0 Å². The fourth-order valence-electron chi connectivity index (χ4n) is 0.974. The highest BCUT2D eigenvalue weighted by Gasteiger charge is 2.02. The van der Waals surface area contributed by atoms with Gasteiger partial charge in [-0.05, 0) is 0 Å². The molecule has 0 saturated heterocycles. The van der Waals surface area contributed by atoms with Crippen LogP contribution in [0.25, 0.3) is 11.2 Å². The monoisotopic (exact) mass is 176 g/mol. The molecule has 0 aliphatic carbocycles. The van der Waals surface area contributed by atoms with E-state index in [0.717, 1.165) is 0 Å². The molecule has 2 aromatic rings. The maximum Gasteiger partial charge on any atom is 0.199 e. The molecule has 0 saturated carbocycles. The van der Waals surface area contributed by atoms with Gasteiger partial charge in [0.2, 0.25) is 0 Å². The molecule has 0 fully saturated rings. The van der Waals surface area contributed by atoms with Gasteiger partial charge in [-0.3, -0.25) is 0 Å². The first-order chi connectivity index (χ1) is 6.42. The SMILES string of the molecule is C=CCOn1cnc2cncnc21. The number of aromatic nitrogens is 4. The van der Waals surface area contributed by atoms with Gasteiger partial charge in [-0.1, -0.05) is 12.7 Å². The highest BCUT2D eigenvalue weighted by Crippen LogP contribution is 2.04. The summed E-state index contributed by atoms with van der Waals surface area (Å²) in [4.78, 5) is 17.2. The normalized spacial score (nSPS) is 10.2. The molecule has 0 aliphatic heterocycles. The molecule has 2 rings (SSSR count). The summed E-state index contributed by atoms with van der Waals surface area (Å²) in [6.07, 6.45) is 6.31. The average Bonchev–Trinajstić information content (AvgIpc) is 2.58. The first-order valence-electron chi connectivity index (χ1n) is 3.79. The number of rotatable bonds is 3. The zero-order chi connectivity index (χ0) is 9.10. The summed E-state index contributed by atoms with van der Waals surface area (Å²) in [5, 5.41) is 0. The molecule has 5 nitrogen and oxygen atoms in total. The van der Waals surface area contributed by atoms with Crippen molar-refractivity contribution in [2.75, 3.05) is 6.61 Å². The van der Waals surface area contributed by atoms with Gasteiger partial charge in [0.05, 0.1) is 6.20 Å². The lowest BCUT2D eigenvalue weighted by atomic mass is 10.6. The van der Waals surface area contributed by atoms with Crippen LogP contribution >= 0.6 is 0 Å². The highest BCUT2D eigenvalue weighted by molar-refractivity contribution is 5.68. The Morgan fingerprint density at radius 3 is 3.31 bits per heavy atom. The predicted molar refractivity (Wildman–Crippen MR) is 47.0 cm³/mol. The first-order valence-corrected chi connectivity index (χ1v) is 3.79. The van der Waals surface area contributed by atoms with Crippen LogP contribution in [0.1, 0.15) is 0 Å². The van der Waals surface area contributed by atoms with Crippen molar-refractivity contribution in [3.63, 3.8) is 0 Å². The summed E-state index contributed by atoms with van der Waals surface area (Å²) in [5.41, 5.74) is 1.38. The van der Waals surface area contributed by atoms with E-state index in [1.54, 1.807) is 18.6 Å². The van der Waals surface area contributed by atoms with Crippen molar-refractivity contribution in [2.24, 2.45) is 0 Å². The van der Waals surface area contributed by atoms with Crippen LogP contribution in [-0.4, -0.2) is 26.3 Å². The molecule has 2 aromatic heterocycles. The summed E-state index contributed by atoms with van der Waals surface area (Å²) in [6, 6.07) is 0. The van der Waals surface area contributed by atoms with Crippen molar-refractivity contribution in [3.05, 3.63) is 31.5 Å². The van der Waals surface area contributed by atoms with Crippen molar-refractivity contribution in [1.82, 2.24) is 19.7 Å². The van der Waals surface area contributed by atoms with Crippen molar-refractivity contribution < 1.29 is 4.84 Å². The Labute approximate surface area is 74.7 Å². The minimum atomic E-state index is 0.426. The van der Waals surface area contributed by atoms with E-state index in [2.05, 4.69) is 21.5 Å². The van der Waals surface area contributed by atoms with E-state index in [9.17, 15) is 0 Å². The summed E-state index contributed by atoms with van der Waals surface area (Å²) in [5.74, 6) is 0. The Bertz CT molecular complexity index is 423. The summed E-state index contributed by atoms with van der Waals surface area (Å²) >= 11 is 0. The topological polar surface area (TPSA) is 52.8 Å². The van der Waals surface area contributed by atoms with Crippen molar-refractivity contribution in [1.29, 1.82) is 0 Å². The van der Waals surface area contributed by atoms with E-state index in [1.165, 1.54) is 11.1 Å². The molecular formula is C8H8N4O. The average molecular weight is 176 g/mol. The predicted octanol–water partition coefficient (Wildman–Crippen LogP) is 0.441. The Kier molecular flexibility index (Phi) is 1.91. The van der Waals surface area contributed by atoms with Crippen LogP contribution in [0, 0.1) is 0 Å². The van der Waals surface area contributed by atoms with Gasteiger partial charge in [0.1, 0.15) is 24.8 Å². The van der Waals surface area contributed by atoms with E-state index in [4.69, 9.17) is 4.84 Å². The Morgan fingerprint density at radius 2 is 2.46 bits per heavy atom.